The van der Waals surface area contributed by atoms with Crippen molar-refractivity contribution in [2.75, 3.05) is 52.7 Å². The van der Waals surface area contributed by atoms with Gasteiger partial charge in [-0.15, -0.1) is 0 Å². The van der Waals surface area contributed by atoms with E-state index in [0.717, 1.165) is 5.56 Å². The Morgan fingerprint density at radius 2 is 1.42 bits per heavy atom. The van der Waals surface area contributed by atoms with Crippen LogP contribution in [0.3, 0.4) is 0 Å². The lowest BCUT2D eigenvalue weighted by Gasteiger charge is -2.17. The average Bonchev–Trinajstić information content (AvgIpc) is 2.85. The SMILES string of the molecule is NC=O.NC=O.NCCOCCOCCOCCNC(=O)C[C@H](CCC(N)=O)OCc1ccccc1. The third-order valence-electron chi connectivity index (χ3n) is 4.03. The summed E-state index contributed by atoms with van der Waals surface area (Å²) in [5.41, 5.74) is 19.9. The molecule has 0 spiro atoms. The van der Waals surface area contributed by atoms with Crippen molar-refractivity contribution in [1.82, 2.24) is 5.32 Å². The van der Waals surface area contributed by atoms with E-state index in [0.29, 0.717) is 65.8 Å². The molecule has 13 nitrogen and oxygen atoms in total. The predicted molar refractivity (Wildman–Crippen MR) is 133 cm³/mol. The predicted octanol–water partition coefficient (Wildman–Crippen LogP) is -1.44. The Hall–Kier alpha value is -3.10. The largest absolute Gasteiger partial charge is 0.378 e. The molecule has 0 heterocycles. The van der Waals surface area contributed by atoms with Gasteiger partial charge in [-0.1, -0.05) is 30.3 Å². The second-order valence-electron chi connectivity index (χ2n) is 6.88. The summed E-state index contributed by atoms with van der Waals surface area (Å²) in [6, 6.07) is 9.65. The zero-order valence-corrected chi connectivity index (χ0v) is 20.7. The molecular formula is C23H41N5O8. The molecular weight excluding hydrogens is 474 g/mol. The van der Waals surface area contributed by atoms with Crippen molar-refractivity contribution in [2.45, 2.75) is 32.0 Å². The molecule has 0 bridgehead atoms. The molecule has 4 amide bonds. The monoisotopic (exact) mass is 515 g/mol. The second-order valence-corrected chi connectivity index (χ2v) is 6.88. The number of primary amides is 3. The molecule has 9 N–H and O–H groups in total. The summed E-state index contributed by atoms with van der Waals surface area (Å²) >= 11 is 0. The Balaban J connectivity index is 0. The molecule has 206 valence electrons. The third-order valence-corrected chi connectivity index (χ3v) is 4.03. The summed E-state index contributed by atoms with van der Waals surface area (Å²) in [6.07, 6.45) is 0.853. The van der Waals surface area contributed by atoms with E-state index in [1.807, 2.05) is 30.3 Å². The van der Waals surface area contributed by atoms with E-state index in [-0.39, 0.29) is 37.7 Å². The minimum absolute atomic E-state index is 0.158. The number of hydrogen-bond donors (Lipinski definition) is 5. The van der Waals surface area contributed by atoms with E-state index in [9.17, 15) is 9.59 Å². The zero-order valence-electron chi connectivity index (χ0n) is 20.7. The van der Waals surface area contributed by atoms with Gasteiger partial charge >= 0.3 is 0 Å². The van der Waals surface area contributed by atoms with Crippen molar-refractivity contribution in [1.29, 1.82) is 0 Å². The molecule has 0 aromatic heterocycles. The Morgan fingerprint density at radius 1 is 0.889 bits per heavy atom. The maximum absolute atomic E-state index is 12.2. The summed E-state index contributed by atoms with van der Waals surface area (Å²) in [5, 5.41) is 2.79. The summed E-state index contributed by atoms with van der Waals surface area (Å²) in [4.78, 5) is 40.4. The van der Waals surface area contributed by atoms with E-state index >= 15 is 0 Å². The molecule has 0 aliphatic carbocycles. The summed E-state index contributed by atoms with van der Waals surface area (Å²) in [6.45, 7) is 4.08. The van der Waals surface area contributed by atoms with E-state index in [2.05, 4.69) is 16.8 Å². The number of ether oxygens (including phenoxy) is 4. The number of carbonyl (C=O) groups excluding carboxylic acids is 4. The second kappa shape index (κ2) is 28.1. The standard InChI is InChI=1S/C21H35N3O6.2CH3NO/c22-8-10-27-12-14-29-15-13-28-11-9-24-21(26)16-19(6-7-20(23)25)30-17-18-4-2-1-3-5-18;2*2-1-3/h1-5,19H,6-17,22H2,(H2,23,25)(H,24,26);2*1H,(H2,2,3)/t19-;;/m0../s1. The number of nitrogens with two attached hydrogens (primary N) is 4. The molecule has 0 aliphatic rings. The number of hydrogen-bond acceptors (Lipinski definition) is 9. The minimum Gasteiger partial charge on any atom is -0.378 e. The lowest BCUT2D eigenvalue weighted by Crippen LogP contribution is -2.32. The van der Waals surface area contributed by atoms with Gasteiger partial charge in [-0.3, -0.25) is 19.2 Å². The summed E-state index contributed by atoms with van der Waals surface area (Å²) in [7, 11) is 0. The summed E-state index contributed by atoms with van der Waals surface area (Å²) in [5.74, 6) is -0.570. The molecule has 0 fully saturated rings. The van der Waals surface area contributed by atoms with Crippen molar-refractivity contribution in [3.8, 4) is 0 Å². The third kappa shape index (κ3) is 27.1. The maximum atomic E-state index is 12.2. The first kappa shape index (κ1) is 35.1. The molecule has 1 rings (SSSR count). The van der Waals surface area contributed by atoms with Crippen LogP contribution in [0, 0.1) is 0 Å². The number of nitrogens with one attached hydrogen (secondary N) is 1. The van der Waals surface area contributed by atoms with E-state index < -0.39 is 5.91 Å². The molecule has 0 saturated carbocycles. The van der Waals surface area contributed by atoms with Crippen LogP contribution in [0.25, 0.3) is 0 Å². The molecule has 0 aliphatic heterocycles. The molecule has 0 unspecified atom stereocenters. The van der Waals surface area contributed by atoms with Crippen molar-refractivity contribution < 1.29 is 38.1 Å². The molecule has 13 heteroatoms. The van der Waals surface area contributed by atoms with Gasteiger partial charge in [0.1, 0.15) is 0 Å². The first-order valence-corrected chi connectivity index (χ1v) is 11.4. The van der Waals surface area contributed by atoms with Gasteiger partial charge in [-0.25, -0.2) is 0 Å². The quantitative estimate of drug-likeness (QED) is 0.107. The molecule has 0 radical (unpaired) electrons. The lowest BCUT2D eigenvalue weighted by atomic mass is 10.1. The molecule has 1 aromatic rings. The maximum Gasteiger partial charge on any atom is 0.222 e. The zero-order chi connectivity index (χ0) is 27.3. The van der Waals surface area contributed by atoms with Gasteiger partial charge in [-0.05, 0) is 12.0 Å². The number of amides is 4. The first-order valence-electron chi connectivity index (χ1n) is 11.4. The summed E-state index contributed by atoms with van der Waals surface area (Å²) < 4.78 is 21.8. The van der Waals surface area contributed by atoms with E-state index in [1.165, 1.54) is 0 Å². The number of carbonyl (C=O) groups is 4. The first-order chi connectivity index (χ1) is 17.4. The van der Waals surface area contributed by atoms with Crippen LogP contribution in [0.5, 0.6) is 0 Å². The molecule has 36 heavy (non-hydrogen) atoms. The van der Waals surface area contributed by atoms with Gasteiger partial charge in [0.2, 0.25) is 24.6 Å². The highest BCUT2D eigenvalue weighted by Crippen LogP contribution is 2.11. The average molecular weight is 516 g/mol. The highest BCUT2D eigenvalue weighted by Gasteiger charge is 2.15. The van der Waals surface area contributed by atoms with Crippen LogP contribution in [0.4, 0.5) is 0 Å². The molecule has 1 aromatic carbocycles. The fourth-order valence-corrected chi connectivity index (χ4v) is 2.50. The fraction of sp³-hybridized carbons (Fsp3) is 0.565. The topological polar surface area (TPSA) is 221 Å². The van der Waals surface area contributed by atoms with E-state index in [4.69, 9.17) is 40.0 Å². The van der Waals surface area contributed by atoms with Crippen LogP contribution in [0.1, 0.15) is 24.8 Å². The van der Waals surface area contributed by atoms with Crippen LogP contribution in [-0.4, -0.2) is 83.5 Å². The van der Waals surface area contributed by atoms with Crippen molar-refractivity contribution in [2.24, 2.45) is 22.9 Å². The van der Waals surface area contributed by atoms with Crippen LogP contribution < -0.4 is 28.3 Å². The Labute approximate surface area is 212 Å². The molecule has 0 saturated heterocycles. The van der Waals surface area contributed by atoms with Crippen molar-refractivity contribution in [3.05, 3.63) is 35.9 Å². The number of rotatable bonds is 19. The van der Waals surface area contributed by atoms with Crippen LogP contribution in [0.15, 0.2) is 30.3 Å². The van der Waals surface area contributed by atoms with Crippen LogP contribution in [0.2, 0.25) is 0 Å². The minimum atomic E-state index is -0.412. The van der Waals surface area contributed by atoms with E-state index in [1.54, 1.807) is 0 Å². The number of benzene rings is 1. The normalized spacial score (nSPS) is 10.6. The van der Waals surface area contributed by atoms with Gasteiger partial charge in [0, 0.05) is 19.5 Å². The smallest absolute Gasteiger partial charge is 0.222 e. The van der Waals surface area contributed by atoms with Gasteiger partial charge in [0.05, 0.1) is 58.8 Å². The van der Waals surface area contributed by atoms with Crippen LogP contribution >= 0.6 is 0 Å². The Kier molecular flexibility index (Phi) is 27.4. The van der Waals surface area contributed by atoms with Gasteiger partial charge in [-0.2, -0.15) is 0 Å². The van der Waals surface area contributed by atoms with Gasteiger partial charge in [0.25, 0.3) is 0 Å². The molecule has 1 atom stereocenters. The Morgan fingerprint density at radius 3 is 1.94 bits per heavy atom. The van der Waals surface area contributed by atoms with Gasteiger partial charge < -0.3 is 47.2 Å². The van der Waals surface area contributed by atoms with Gasteiger partial charge in [0.15, 0.2) is 0 Å². The fourth-order valence-electron chi connectivity index (χ4n) is 2.50. The van der Waals surface area contributed by atoms with Crippen LogP contribution in [-0.2, 0) is 44.7 Å². The Bertz CT molecular complexity index is 661. The highest BCUT2D eigenvalue weighted by atomic mass is 16.5. The van der Waals surface area contributed by atoms with Crippen molar-refractivity contribution in [3.63, 3.8) is 0 Å². The highest BCUT2D eigenvalue weighted by molar-refractivity contribution is 5.77. The van der Waals surface area contributed by atoms with Crippen molar-refractivity contribution >= 4 is 24.6 Å². The lowest BCUT2D eigenvalue weighted by molar-refractivity contribution is -0.126.